The Morgan fingerprint density at radius 3 is 1.14 bits per heavy atom. The number of hydrogen-bond acceptors (Lipinski definition) is 5. The molecular formula is C65H130N2O6P+. The van der Waals surface area contributed by atoms with Crippen LogP contribution in [-0.2, 0) is 18.4 Å². The first kappa shape index (κ1) is 73.0. The van der Waals surface area contributed by atoms with E-state index in [9.17, 15) is 19.4 Å². The van der Waals surface area contributed by atoms with Crippen LogP contribution in [-0.4, -0.2) is 73.4 Å². The minimum atomic E-state index is -4.33. The number of hydrogen-bond donors (Lipinski definition) is 3. The van der Waals surface area contributed by atoms with Crippen LogP contribution >= 0.6 is 7.82 Å². The van der Waals surface area contributed by atoms with Gasteiger partial charge < -0.3 is 19.8 Å². The molecule has 3 atom stereocenters. The largest absolute Gasteiger partial charge is 0.472 e. The van der Waals surface area contributed by atoms with Gasteiger partial charge in [-0.15, -0.1) is 0 Å². The molecule has 0 saturated heterocycles. The van der Waals surface area contributed by atoms with E-state index in [2.05, 4.69) is 43.5 Å². The van der Waals surface area contributed by atoms with Gasteiger partial charge in [-0.05, 0) is 44.9 Å². The standard InChI is InChI=1S/C65H129N2O6P/c1-6-8-10-12-14-16-18-20-22-24-26-27-28-29-30-31-32-33-34-35-36-37-38-39-41-42-44-46-48-50-52-54-56-58-64(68)63(62-73-74(70,71)72-61-60-67(3,4)5)66-65(69)59-57-55-53-51-49-47-45-43-40-25-23-21-19-17-15-13-11-9-7-2/h15,17,21,23,63-64,68H,6-14,16,18-20,22,24-62H2,1-5H3,(H-,66,69,70,71)/p+1/b17-15-,23-21-. The summed E-state index contributed by atoms with van der Waals surface area (Å²) in [5, 5.41) is 14.1. The second-order valence-electron chi connectivity index (χ2n) is 23.9. The Labute approximate surface area is 462 Å². The molecule has 0 rings (SSSR count). The van der Waals surface area contributed by atoms with E-state index in [4.69, 9.17) is 9.05 Å². The number of nitrogens with one attached hydrogen (secondary N) is 1. The van der Waals surface area contributed by atoms with Crippen LogP contribution in [0.25, 0.3) is 0 Å². The molecular weight excluding hydrogens is 936 g/mol. The molecule has 3 unspecified atom stereocenters. The number of nitrogens with zero attached hydrogens (tertiary/aromatic N) is 1. The summed E-state index contributed by atoms with van der Waals surface area (Å²) in [5.74, 6) is -0.144. The van der Waals surface area contributed by atoms with E-state index in [1.54, 1.807) is 0 Å². The number of phosphoric ester groups is 1. The minimum absolute atomic E-state index is 0.0751. The zero-order chi connectivity index (χ0) is 54.2. The van der Waals surface area contributed by atoms with Crippen molar-refractivity contribution in [3.05, 3.63) is 24.3 Å². The van der Waals surface area contributed by atoms with E-state index in [-0.39, 0.29) is 19.1 Å². The third kappa shape index (κ3) is 58.7. The van der Waals surface area contributed by atoms with Crippen LogP contribution < -0.4 is 5.32 Å². The maximum Gasteiger partial charge on any atom is 0.472 e. The first-order valence-electron chi connectivity index (χ1n) is 32.7. The Bertz CT molecular complexity index is 1260. The van der Waals surface area contributed by atoms with Crippen LogP contribution in [0.4, 0.5) is 0 Å². The number of allylic oxidation sites excluding steroid dienone is 4. The molecule has 1 amide bonds. The van der Waals surface area contributed by atoms with Gasteiger partial charge in [0.2, 0.25) is 5.91 Å². The van der Waals surface area contributed by atoms with Crippen molar-refractivity contribution in [2.24, 2.45) is 0 Å². The van der Waals surface area contributed by atoms with Crippen LogP contribution in [0.2, 0.25) is 0 Å². The normalized spacial score (nSPS) is 13.9. The highest BCUT2D eigenvalue weighted by Crippen LogP contribution is 2.43. The Kier molecular flexibility index (Phi) is 55.9. The molecule has 0 bridgehead atoms. The number of rotatable bonds is 61. The molecule has 0 aliphatic heterocycles. The number of aliphatic hydroxyl groups is 1. The first-order chi connectivity index (χ1) is 36.0. The molecule has 0 aliphatic carbocycles. The molecule has 8 nitrogen and oxygen atoms in total. The van der Waals surface area contributed by atoms with Gasteiger partial charge in [-0.3, -0.25) is 13.8 Å². The molecule has 0 heterocycles. The van der Waals surface area contributed by atoms with E-state index in [0.717, 1.165) is 44.9 Å². The second-order valence-corrected chi connectivity index (χ2v) is 25.3. The van der Waals surface area contributed by atoms with Crippen LogP contribution in [0.15, 0.2) is 24.3 Å². The van der Waals surface area contributed by atoms with Gasteiger partial charge in [0.1, 0.15) is 13.2 Å². The summed E-state index contributed by atoms with van der Waals surface area (Å²) in [6.07, 6.45) is 72.7. The lowest BCUT2D eigenvalue weighted by Crippen LogP contribution is -2.46. The van der Waals surface area contributed by atoms with Gasteiger partial charge in [-0.2, -0.15) is 0 Å². The summed E-state index contributed by atoms with van der Waals surface area (Å²) in [5.41, 5.74) is 0. The van der Waals surface area contributed by atoms with Crippen LogP contribution in [0.5, 0.6) is 0 Å². The van der Waals surface area contributed by atoms with Crippen molar-refractivity contribution in [1.29, 1.82) is 0 Å². The summed E-state index contributed by atoms with van der Waals surface area (Å²) in [6, 6.07) is -0.763. The third-order valence-corrected chi connectivity index (χ3v) is 16.2. The summed E-state index contributed by atoms with van der Waals surface area (Å²) in [7, 11) is 1.63. The zero-order valence-electron chi connectivity index (χ0n) is 50.4. The molecule has 0 radical (unpaired) electrons. The fraction of sp³-hybridized carbons (Fsp3) is 0.923. The van der Waals surface area contributed by atoms with Crippen LogP contribution in [0.3, 0.4) is 0 Å². The predicted octanol–water partition coefficient (Wildman–Crippen LogP) is 20.3. The second kappa shape index (κ2) is 56.7. The van der Waals surface area contributed by atoms with Crippen molar-refractivity contribution >= 4 is 13.7 Å². The highest BCUT2D eigenvalue weighted by Gasteiger charge is 2.28. The fourth-order valence-electron chi connectivity index (χ4n) is 10.1. The van der Waals surface area contributed by atoms with Crippen molar-refractivity contribution in [1.82, 2.24) is 5.32 Å². The summed E-state index contributed by atoms with van der Waals surface area (Å²) >= 11 is 0. The lowest BCUT2D eigenvalue weighted by Gasteiger charge is -2.26. The number of carbonyl (C=O) groups excluding carboxylic acids is 1. The third-order valence-electron chi connectivity index (χ3n) is 15.2. The first-order valence-corrected chi connectivity index (χ1v) is 34.2. The maximum absolute atomic E-state index is 13.0. The van der Waals surface area contributed by atoms with E-state index < -0.39 is 20.0 Å². The van der Waals surface area contributed by atoms with Crippen LogP contribution in [0, 0.1) is 0 Å². The number of unbranched alkanes of at least 4 members (excludes halogenated alkanes) is 44. The lowest BCUT2D eigenvalue weighted by molar-refractivity contribution is -0.870. The van der Waals surface area contributed by atoms with Gasteiger partial charge in [-0.25, -0.2) is 4.57 Å². The molecule has 3 N–H and O–H groups in total. The molecule has 9 heteroatoms. The van der Waals surface area contributed by atoms with Crippen molar-refractivity contribution in [3.8, 4) is 0 Å². The van der Waals surface area contributed by atoms with Crippen LogP contribution in [0.1, 0.15) is 335 Å². The Morgan fingerprint density at radius 2 is 0.770 bits per heavy atom. The van der Waals surface area contributed by atoms with Gasteiger partial charge >= 0.3 is 7.82 Å². The van der Waals surface area contributed by atoms with E-state index in [0.29, 0.717) is 23.9 Å². The van der Waals surface area contributed by atoms with Gasteiger partial charge in [0.25, 0.3) is 0 Å². The fourth-order valence-corrected chi connectivity index (χ4v) is 10.8. The zero-order valence-corrected chi connectivity index (χ0v) is 51.3. The molecule has 0 aromatic heterocycles. The Balaban J connectivity index is 4.00. The maximum atomic E-state index is 13.0. The van der Waals surface area contributed by atoms with E-state index >= 15 is 0 Å². The topological polar surface area (TPSA) is 105 Å². The molecule has 0 aliphatic rings. The molecule has 0 aromatic carbocycles. The van der Waals surface area contributed by atoms with E-state index in [1.165, 1.54) is 263 Å². The number of quaternary nitrogens is 1. The number of phosphoric acid groups is 1. The highest BCUT2D eigenvalue weighted by molar-refractivity contribution is 7.47. The number of amides is 1. The molecule has 440 valence electrons. The SMILES string of the molecule is CCCCC/C=C\C/C=C\CCCCCCCCCCCC(=O)NC(COP(=O)(O)OCC[N+](C)(C)C)C(O)CCCCCCCCCCCCCCCCCCCCCCCCCCCCCCCCCCC. The predicted molar refractivity (Wildman–Crippen MR) is 323 cm³/mol. The average Bonchev–Trinajstić information content (AvgIpc) is 3.36. The quantitative estimate of drug-likeness (QED) is 0.0243. The molecule has 0 spiro atoms. The Hall–Kier alpha value is -1.02. The smallest absolute Gasteiger partial charge is 0.391 e. The molecule has 0 fully saturated rings. The van der Waals surface area contributed by atoms with Gasteiger partial charge in [-0.1, -0.05) is 308 Å². The summed E-state index contributed by atoms with van der Waals surface area (Å²) in [6.45, 7) is 4.91. The highest BCUT2D eigenvalue weighted by atomic mass is 31.2. The summed E-state index contributed by atoms with van der Waals surface area (Å²) < 4.78 is 23.8. The van der Waals surface area contributed by atoms with Crippen molar-refractivity contribution in [2.45, 2.75) is 347 Å². The molecule has 74 heavy (non-hydrogen) atoms. The van der Waals surface area contributed by atoms with Crippen molar-refractivity contribution in [3.63, 3.8) is 0 Å². The minimum Gasteiger partial charge on any atom is -0.391 e. The van der Waals surface area contributed by atoms with Gasteiger partial charge in [0.05, 0.1) is 39.9 Å². The van der Waals surface area contributed by atoms with Gasteiger partial charge in [0.15, 0.2) is 0 Å². The number of carbonyl (C=O) groups is 1. The Morgan fingerprint density at radius 1 is 0.459 bits per heavy atom. The summed E-state index contributed by atoms with van der Waals surface area (Å²) in [4.78, 5) is 23.4. The molecule has 0 aromatic rings. The number of likely N-dealkylation sites (N-methyl/N-ethyl adjacent to an activating group) is 1. The van der Waals surface area contributed by atoms with Gasteiger partial charge in [0, 0.05) is 6.42 Å². The average molecular weight is 1070 g/mol. The van der Waals surface area contributed by atoms with E-state index in [1.807, 2.05) is 21.1 Å². The lowest BCUT2D eigenvalue weighted by atomic mass is 10.0. The monoisotopic (exact) mass is 1070 g/mol. The number of aliphatic hydroxyl groups excluding tert-OH is 1. The molecule has 0 saturated carbocycles. The van der Waals surface area contributed by atoms with Crippen molar-refractivity contribution in [2.75, 3.05) is 40.9 Å². The van der Waals surface area contributed by atoms with Crippen molar-refractivity contribution < 1.29 is 32.9 Å².